The van der Waals surface area contributed by atoms with Gasteiger partial charge in [0.2, 0.25) is 5.96 Å². The molecule has 5 nitrogen and oxygen atoms in total. The molecule has 1 saturated carbocycles. The van der Waals surface area contributed by atoms with Crippen molar-refractivity contribution in [2.75, 3.05) is 27.3 Å². The summed E-state index contributed by atoms with van der Waals surface area (Å²) in [5, 5.41) is 0. The lowest BCUT2D eigenvalue weighted by Gasteiger charge is -2.21. The number of rotatable bonds is 5. The minimum atomic E-state index is 0.120. The Kier molecular flexibility index (Phi) is 5.02. The van der Waals surface area contributed by atoms with Gasteiger partial charge in [0.1, 0.15) is 0 Å². The van der Waals surface area contributed by atoms with Crippen molar-refractivity contribution in [3.05, 3.63) is 0 Å². The van der Waals surface area contributed by atoms with Crippen LogP contribution < -0.4 is 11.3 Å². The zero-order chi connectivity index (χ0) is 12.1. The van der Waals surface area contributed by atoms with Crippen molar-refractivity contribution in [1.29, 1.82) is 0 Å². The second-order valence-corrected chi connectivity index (χ2v) is 4.75. The molecular weight excluding hydrogens is 204 g/mol. The molecule has 1 aliphatic carbocycles. The van der Waals surface area contributed by atoms with E-state index in [1.165, 1.54) is 6.42 Å². The molecule has 0 radical (unpaired) electrons. The molecule has 94 valence electrons. The van der Waals surface area contributed by atoms with Crippen LogP contribution in [0.4, 0.5) is 0 Å². The number of hydrogen-bond donors (Lipinski definition) is 2. The highest BCUT2D eigenvalue weighted by Crippen LogP contribution is 2.37. The number of ether oxygens (including phenoxy) is 1. The van der Waals surface area contributed by atoms with Gasteiger partial charge in [-0.1, -0.05) is 6.92 Å². The Morgan fingerprint density at radius 3 is 2.75 bits per heavy atom. The van der Waals surface area contributed by atoms with Crippen LogP contribution in [0, 0.1) is 11.8 Å². The van der Waals surface area contributed by atoms with E-state index >= 15 is 0 Å². The molecule has 0 aromatic rings. The molecule has 1 fully saturated rings. The van der Waals surface area contributed by atoms with Crippen LogP contribution in [0.25, 0.3) is 0 Å². The largest absolute Gasteiger partial charge is 0.382 e. The lowest BCUT2D eigenvalue weighted by atomic mass is 10.3. The summed E-state index contributed by atoms with van der Waals surface area (Å²) in [5.41, 5.74) is 2.66. The van der Waals surface area contributed by atoms with Gasteiger partial charge in [0.15, 0.2) is 0 Å². The lowest BCUT2D eigenvalue weighted by Crippen LogP contribution is -2.44. The van der Waals surface area contributed by atoms with Gasteiger partial charge in [-0.2, -0.15) is 0 Å². The molecule has 0 aromatic heterocycles. The molecule has 0 spiro atoms. The van der Waals surface area contributed by atoms with Gasteiger partial charge in [0.25, 0.3) is 0 Å². The fourth-order valence-corrected chi connectivity index (χ4v) is 1.82. The van der Waals surface area contributed by atoms with Crippen molar-refractivity contribution in [2.45, 2.75) is 26.3 Å². The van der Waals surface area contributed by atoms with Crippen LogP contribution in [0.5, 0.6) is 0 Å². The molecule has 16 heavy (non-hydrogen) atoms. The van der Waals surface area contributed by atoms with Crippen molar-refractivity contribution >= 4 is 5.96 Å². The Hall–Kier alpha value is -0.810. The Labute approximate surface area is 98.0 Å². The molecule has 0 aromatic carbocycles. The molecule has 0 aliphatic heterocycles. The van der Waals surface area contributed by atoms with Gasteiger partial charge in [-0.25, -0.2) is 10.8 Å². The Bertz CT molecular complexity index is 244. The summed E-state index contributed by atoms with van der Waals surface area (Å²) >= 11 is 0. The van der Waals surface area contributed by atoms with E-state index in [2.05, 4.69) is 22.2 Å². The first-order chi connectivity index (χ1) is 7.58. The van der Waals surface area contributed by atoms with Crippen LogP contribution in [0.1, 0.15) is 20.3 Å². The van der Waals surface area contributed by atoms with Gasteiger partial charge in [0, 0.05) is 20.7 Å². The Morgan fingerprint density at radius 2 is 2.31 bits per heavy atom. The third kappa shape index (κ3) is 3.98. The number of nitrogens with two attached hydrogens (primary N) is 1. The van der Waals surface area contributed by atoms with Crippen LogP contribution in [0.2, 0.25) is 0 Å². The molecular formula is C11H24N4O. The molecule has 0 bridgehead atoms. The minimum Gasteiger partial charge on any atom is -0.382 e. The fraction of sp³-hybridized carbons (Fsp3) is 0.909. The van der Waals surface area contributed by atoms with E-state index in [4.69, 9.17) is 10.6 Å². The van der Waals surface area contributed by atoms with E-state index < -0.39 is 0 Å². The topological polar surface area (TPSA) is 62.9 Å². The second kappa shape index (κ2) is 6.06. The van der Waals surface area contributed by atoms with Gasteiger partial charge >= 0.3 is 0 Å². The third-order valence-corrected chi connectivity index (χ3v) is 3.03. The minimum absolute atomic E-state index is 0.120. The number of hydrazine groups is 1. The van der Waals surface area contributed by atoms with E-state index in [-0.39, 0.29) is 6.04 Å². The van der Waals surface area contributed by atoms with E-state index in [1.807, 2.05) is 14.0 Å². The third-order valence-electron chi connectivity index (χ3n) is 3.03. The maximum Gasteiger partial charge on any atom is 0.208 e. The predicted molar refractivity (Wildman–Crippen MR) is 66.0 cm³/mol. The second-order valence-electron chi connectivity index (χ2n) is 4.75. The number of nitrogens with zero attached hydrogens (tertiary/aromatic N) is 2. The highest BCUT2D eigenvalue weighted by Gasteiger charge is 2.33. The number of hydrogen-bond acceptors (Lipinski definition) is 3. The fourth-order valence-electron chi connectivity index (χ4n) is 1.82. The highest BCUT2D eigenvalue weighted by molar-refractivity contribution is 5.79. The van der Waals surface area contributed by atoms with Crippen LogP contribution in [0.15, 0.2) is 4.99 Å². The van der Waals surface area contributed by atoms with Gasteiger partial charge < -0.3 is 9.64 Å². The molecule has 0 amide bonds. The van der Waals surface area contributed by atoms with Crippen LogP contribution in [-0.2, 0) is 4.74 Å². The number of guanidine groups is 1. The standard InChI is InChI=1S/C11H24N4O/c1-8-5-10(8)6-15(3)11(14-12)13-9(2)7-16-4/h8-10H,5-7,12H2,1-4H3,(H,13,14). The molecule has 3 unspecified atom stereocenters. The number of methoxy groups -OCH3 is 1. The normalized spacial score (nSPS) is 26.4. The summed E-state index contributed by atoms with van der Waals surface area (Å²) in [6.07, 6.45) is 1.32. The highest BCUT2D eigenvalue weighted by atomic mass is 16.5. The summed E-state index contributed by atoms with van der Waals surface area (Å²) in [6.45, 7) is 5.91. The molecule has 0 heterocycles. The Morgan fingerprint density at radius 1 is 1.69 bits per heavy atom. The molecule has 1 aliphatic rings. The number of nitrogens with one attached hydrogen (secondary N) is 1. The zero-order valence-electron chi connectivity index (χ0n) is 10.7. The summed E-state index contributed by atoms with van der Waals surface area (Å²) in [7, 11) is 3.69. The molecule has 1 rings (SSSR count). The Balaban J connectivity index is 2.44. The van der Waals surface area contributed by atoms with E-state index in [0.717, 1.165) is 24.3 Å². The summed E-state index contributed by atoms with van der Waals surface area (Å²) in [5.74, 6) is 7.86. The van der Waals surface area contributed by atoms with E-state index in [9.17, 15) is 0 Å². The SMILES string of the molecule is COCC(C)N=C(NN)N(C)CC1CC1C. The quantitative estimate of drug-likeness (QED) is 0.310. The van der Waals surface area contributed by atoms with Crippen molar-refractivity contribution in [3.8, 4) is 0 Å². The van der Waals surface area contributed by atoms with Gasteiger partial charge in [0.05, 0.1) is 12.6 Å². The lowest BCUT2D eigenvalue weighted by molar-refractivity contribution is 0.185. The van der Waals surface area contributed by atoms with Crippen LogP contribution in [0.3, 0.4) is 0 Å². The zero-order valence-corrected chi connectivity index (χ0v) is 10.7. The van der Waals surface area contributed by atoms with Gasteiger partial charge in [-0.3, -0.25) is 5.43 Å². The summed E-state index contributed by atoms with van der Waals surface area (Å²) < 4.78 is 5.05. The van der Waals surface area contributed by atoms with Crippen molar-refractivity contribution in [1.82, 2.24) is 10.3 Å². The average molecular weight is 228 g/mol. The smallest absolute Gasteiger partial charge is 0.208 e. The molecule has 0 saturated heterocycles. The maximum atomic E-state index is 5.49. The summed E-state index contributed by atoms with van der Waals surface area (Å²) in [4.78, 5) is 6.56. The number of aliphatic imine (C=N–C) groups is 1. The first-order valence-corrected chi connectivity index (χ1v) is 5.83. The van der Waals surface area contributed by atoms with Crippen molar-refractivity contribution < 1.29 is 4.74 Å². The first kappa shape index (κ1) is 13.3. The molecule has 3 N–H and O–H groups in total. The van der Waals surface area contributed by atoms with Crippen LogP contribution >= 0.6 is 0 Å². The van der Waals surface area contributed by atoms with E-state index in [1.54, 1.807) is 7.11 Å². The van der Waals surface area contributed by atoms with E-state index in [0.29, 0.717) is 6.61 Å². The summed E-state index contributed by atoms with van der Waals surface area (Å²) in [6, 6.07) is 0.120. The van der Waals surface area contributed by atoms with Crippen molar-refractivity contribution in [2.24, 2.45) is 22.7 Å². The molecule has 5 heteroatoms. The van der Waals surface area contributed by atoms with Gasteiger partial charge in [-0.15, -0.1) is 0 Å². The van der Waals surface area contributed by atoms with Crippen LogP contribution in [-0.4, -0.2) is 44.2 Å². The van der Waals surface area contributed by atoms with Gasteiger partial charge in [-0.05, 0) is 25.2 Å². The average Bonchev–Trinajstić information content (AvgIpc) is 2.91. The first-order valence-electron chi connectivity index (χ1n) is 5.83. The van der Waals surface area contributed by atoms with Crippen molar-refractivity contribution in [3.63, 3.8) is 0 Å². The predicted octanol–water partition coefficient (Wildman–Crippen LogP) is 0.428. The monoisotopic (exact) mass is 228 g/mol. The maximum absolute atomic E-state index is 5.49. The molecule has 3 atom stereocenters.